The normalized spacial score (nSPS) is 20.5. The number of allylic oxidation sites excluding steroid dienone is 5. The molecule has 0 saturated heterocycles. The van der Waals surface area contributed by atoms with Crippen LogP contribution in [0.5, 0.6) is 0 Å². The quantitative estimate of drug-likeness (QED) is 0.417. The summed E-state index contributed by atoms with van der Waals surface area (Å²) >= 11 is -0.681. The Morgan fingerprint density at radius 3 is 1.88 bits per heavy atom. The van der Waals surface area contributed by atoms with Crippen LogP contribution in [0.3, 0.4) is 0 Å². The number of fused-ring (bicyclic) bond motifs is 1. The predicted molar refractivity (Wildman–Crippen MR) is 92.8 cm³/mol. The Kier molecular flexibility index (Phi) is 7.81. The van der Waals surface area contributed by atoms with Crippen LogP contribution in [0.1, 0.15) is 60.5 Å². The van der Waals surface area contributed by atoms with Gasteiger partial charge in [0, 0.05) is 0 Å². The topological polar surface area (TPSA) is 0 Å². The summed E-state index contributed by atoms with van der Waals surface area (Å²) < 4.78 is 1.09. The van der Waals surface area contributed by atoms with Gasteiger partial charge in [-0.15, -0.1) is 0 Å². The fourth-order valence-electron chi connectivity index (χ4n) is 4.02. The van der Waals surface area contributed by atoms with Crippen LogP contribution >= 0.6 is 0 Å². The molecule has 0 aliphatic heterocycles. The standard InChI is InChI=1S/C11H11.C10H15.2HI.Zr/c1-8-6-7-9(2)11-5-3-4-10(8)11;1-6-7(2)9(4)10(5)8(6)3;;;/h3-7H,1-2H3;1-5H3;2*1H;/q;;;;+2/p-2. The molecule has 2 aliphatic rings. The average Bonchev–Trinajstić information content (AvgIpc) is 2.97. The van der Waals surface area contributed by atoms with Crippen molar-refractivity contribution in [1.29, 1.82) is 0 Å². The SMILES string of the molecule is CC1=C(C)[C](C)([Zr+2][CH]2C=Cc3c(C)ccc(C)c32)C(C)=C1C.[I-].[I-]. The van der Waals surface area contributed by atoms with Gasteiger partial charge in [0.15, 0.2) is 0 Å². The maximum atomic E-state index is 2.51. The van der Waals surface area contributed by atoms with Crippen LogP contribution in [0.4, 0.5) is 0 Å². The minimum Gasteiger partial charge on any atom is -1.00 e. The predicted octanol–water partition coefficient (Wildman–Crippen LogP) is 0.327. The van der Waals surface area contributed by atoms with Crippen molar-refractivity contribution in [3.05, 3.63) is 62.8 Å². The molecule has 3 heteroatoms. The van der Waals surface area contributed by atoms with E-state index in [9.17, 15) is 0 Å². The molecule has 0 aromatic heterocycles. The van der Waals surface area contributed by atoms with Crippen molar-refractivity contribution in [2.75, 3.05) is 0 Å². The van der Waals surface area contributed by atoms with Crippen molar-refractivity contribution in [1.82, 2.24) is 0 Å². The molecule has 1 aromatic carbocycles. The molecular formula is C21H26I2Zr. The second-order valence-corrected chi connectivity index (χ2v) is 11.8. The average molecular weight is 623 g/mol. The van der Waals surface area contributed by atoms with Crippen LogP contribution in [0, 0.1) is 13.8 Å². The number of hydrogen-bond acceptors (Lipinski definition) is 0. The number of aryl methyl sites for hydroxylation is 2. The fraction of sp³-hybridized carbons (Fsp3) is 0.429. The van der Waals surface area contributed by atoms with Gasteiger partial charge in [-0.2, -0.15) is 0 Å². The minimum absolute atomic E-state index is 0. The zero-order valence-electron chi connectivity index (χ0n) is 15.6. The first kappa shape index (κ1) is 22.8. The van der Waals surface area contributed by atoms with Gasteiger partial charge in [-0.25, -0.2) is 0 Å². The van der Waals surface area contributed by atoms with Crippen LogP contribution < -0.4 is 48.0 Å². The Labute approximate surface area is 193 Å². The molecule has 24 heavy (non-hydrogen) atoms. The molecule has 0 nitrogen and oxygen atoms in total. The molecule has 0 saturated carbocycles. The van der Waals surface area contributed by atoms with Crippen LogP contribution in [-0.4, -0.2) is 0 Å². The summed E-state index contributed by atoms with van der Waals surface area (Å²) in [6.45, 7) is 16.4. The van der Waals surface area contributed by atoms with Gasteiger partial charge in [0.25, 0.3) is 0 Å². The maximum Gasteiger partial charge on any atom is -1.00 e. The monoisotopic (exact) mass is 622 g/mol. The van der Waals surface area contributed by atoms with Gasteiger partial charge >= 0.3 is 147 Å². The molecule has 0 N–H and O–H groups in total. The molecule has 128 valence electrons. The first-order valence-electron chi connectivity index (χ1n) is 8.19. The van der Waals surface area contributed by atoms with E-state index in [2.05, 4.69) is 72.8 Å². The second-order valence-electron chi connectivity index (χ2n) is 7.13. The largest absolute Gasteiger partial charge is 1.00 e. The van der Waals surface area contributed by atoms with Gasteiger partial charge in [0.2, 0.25) is 0 Å². The van der Waals surface area contributed by atoms with Gasteiger partial charge in [0.05, 0.1) is 0 Å². The Balaban J connectivity index is 0.00000144. The van der Waals surface area contributed by atoms with Gasteiger partial charge < -0.3 is 48.0 Å². The summed E-state index contributed by atoms with van der Waals surface area (Å²) in [6, 6.07) is 4.58. The molecule has 0 fully saturated rings. The number of hydrogen-bond donors (Lipinski definition) is 0. The Morgan fingerprint density at radius 1 is 0.833 bits per heavy atom. The van der Waals surface area contributed by atoms with E-state index in [0.717, 1.165) is 0 Å². The first-order valence-corrected chi connectivity index (χ1v) is 10.8. The smallest absolute Gasteiger partial charge is 1.00 e. The van der Waals surface area contributed by atoms with E-state index in [0.29, 0.717) is 6.75 Å². The summed E-state index contributed by atoms with van der Waals surface area (Å²) in [4.78, 5) is 0. The number of rotatable bonds is 2. The third-order valence-corrected chi connectivity index (χ3v) is 11.3. The molecule has 0 amide bonds. The molecule has 0 radical (unpaired) electrons. The Hall–Kier alpha value is 0.783. The molecule has 1 atom stereocenters. The van der Waals surface area contributed by atoms with Gasteiger partial charge in [-0.05, 0) is 0 Å². The van der Waals surface area contributed by atoms with Crippen LogP contribution in [-0.2, 0) is 23.2 Å². The number of halogens is 2. The molecule has 0 spiro atoms. The molecule has 1 unspecified atom stereocenters. The summed E-state index contributed by atoms with van der Waals surface area (Å²) in [7, 11) is 0. The molecule has 1 aromatic rings. The van der Waals surface area contributed by atoms with E-state index in [1.165, 1.54) is 16.7 Å². The van der Waals surface area contributed by atoms with Crippen molar-refractivity contribution in [3.8, 4) is 0 Å². The third kappa shape index (κ3) is 3.47. The van der Waals surface area contributed by atoms with E-state index in [1.807, 2.05) is 0 Å². The van der Waals surface area contributed by atoms with E-state index in [-0.39, 0.29) is 48.0 Å². The van der Waals surface area contributed by atoms with Crippen LogP contribution in [0.15, 0.2) is 40.5 Å². The zero-order chi connectivity index (χ0) is 16.2. The summed E-state index contributed by atoms with van der Waals surface area (Å²) in [6.07, 6.45) is 4.89. The van der Waals surface area contributed by atoms with Gasteiger partial charge in [0.1, 0.15) is 0 Å². The summed E-state index contributed by atoms with van der Waals surface area (Å²) in [5.74, 6) is 0. The van der Waals surface area contributed by atoms with Crippen molar-refractivity contribution in [2.45, 2.75) is 55.2 Å². The van der Waals surface area contributed by atoms with E-state index in [1.54, 1.807) is 27.9 Å². The van der Waals surface area contributed by atoms with E-state index < -0.39 is 23.2 Å². The fourth-order valence-corrected chi connectivity index (χ4v) is 9.30. The van der Waals surface area contributed by atoms with Gasteiger partial charge in [-0.1, -0.05) is 0 Å². The third-order valence-electron chi connectivity index (χ3n) is 6.12. The van der Waals surface area contributed by atoms with Crippen LogP contribution in [0.25, 0.3) is 6.08 Å². The Morgan fingerprint density at radius 2 is 1.33 bits per heavy atom. The molecule has 2 aliphatic carbocycles. The van der Waals surface area contributed by atoms with Gasteiger partial charge in [-0.3, -0.25) is 0 Å². The van der Waals surface area contributed by atoms with E-state index >= 15 is 0 Å². The summed E-state index contributed by atoms with van der Waals surface area (Å²) in [5.41, 5.74) is 12.4. The first-order chi connectivity index (χ1) is 10.3. The van der Waals surface area contributed by atoms with Crippen molar-refractivity contribution >= 4 is 6.08 Å². The molecule has 3 rings (SSSR count). The van der Waals surface area contributed by atoms with Crippen molar-refractivity contribution in [2.24, 2.45) is 0 Å². The maximum absolute atomic E-state index is 2.51. The zero-order valence-corrected chi connectivity index (χ0v) is 22.4. The molecule has 0 heterocycles. The molecular weight excluding hydrogens is 597 g/mol. The minimum atomic E-state index is -0.681. The molecule has 0 bridgehead atoms. The number of benzene rings is 1. The van der Waals surface area contributed by atoms with E-state index in [4.69, 9.17) is 0 Å². The van der Waals surface area contributed by atoms with Crippen LogP contribution in [0.2, 0.25) is 3.12 Å². The van der Waals surface area contributed by atoms with Crippen molar-refractivity contribution < 1.29 is 71.2 Å². The Bertz CT molecular complexity index is 729. The summed E-state index contributed by atoms with van der Waals surface area (Å²) in [5, 5.41) is 0. The van der Waals surface area contributed by atoms with Crippen molar-refractivity contribution in [3.63, 3.8) is 0 Å². The second kappa shape index (κ2) is 8.21.